The second-order valence-corrected chi connectivity index (χ2v) is 6.18. The summed E-state index contributed by atoms with van der Waals surface area (Å²) in [6.07, 6.45) is 6.44. The lowest BCUT2D eigenvalue weighted by atomic mass is 9.89. The number of aromatic nitrogens is 2. The summed E-state index contributed by atoms with van der Waals surface area (Å²) in [5.74, 6) is 1.43. The average molecular weight is 263 g/mol. The molecule has 1 heterocycles. The summed E-state index contributed by atoms with van der Waals surface area (Å²) < 4.78 is 1.80. The highest BCUT2D eigenvalue weighted by molar-refractivity contribution is 5.75. The third-order valence-electron chi connectivity index (χ3n) is 3.72. The van der Waals surface area contributed by atoms with E-state index < -0.39 is 0 Å². The standard InChI is InChI=1S/C15H25N3O/c1-11(2)6-7-16-15(19)10-18-9-13-8-12(3)4-5-14(13)17-18/h9,11-12H,4-8,10H2,1-3H3,(H,16,19). The first-order valence-corrected chi connectivity index (χ1v) is 7.36. The molecule has 106 valence electrons. The molecule has 4 nitrogen and oxygen atoms in total. The molecule has 1 aliphatic rings. The third-order valence-corrected chi connectivity index (χ3v) is 3.72. The summed E-state index contributed by atoms with van der Waals surface area (Å²) in [5.41, 5.74) is 2.52. The molecule has 1 amide bonds. The number of fused-ring (bicyclic) bond motifs is 1. The molecule has 0 bridgehead atoms. The highest BCUT2D eigenvalue weighted by Crippen LogP contribution is 2.23. The zero-order valence-corrected chi connectivity index (χ0v) is 12.3. The van der Waals surface area contributed by atoms with Crippen molar-refractivity contribution in [1.29, 1.82) is 0 Å². The molecule has 1 atom stereocenters. The molecule has 0 aliphatic heterocycles. The van der Waals surface area contributed by atoms with Gasteiger partial charge in [-0.2, -0.15) is 5.10 Å². The van der Waals surface area contributed by atoms with E-state index in [0.717, 1.165) is 31.7 Å². The van der Waals surface area contributed by atoms with Crippen molar-refractivity contribution in [1.82, 2.24) is 15.1 Å². The molecule has 1 aliphatic carbocycles. The number of hydrogen-bond acceptors (Lipinski definition) is 2. The Balaban J connectivity index is 1.84. The summed E-state index contributed by atoms with van der Waals surface area (Å²) in [4.78, 5) is 11.8. The Kier molecular flexibility index (Phi) is 4.61. The van der Waals surface area contributed by atoms with Crippen LogP contribution < -0.4 is 5.32 Å². The van der Waals surface area contributed by atoms with Crippen LogP contribution in [-0.4, -0.2) is 22.2 Å². The van der Waals surface area contributed by atoms with Gasteiger partial charge in [0.05, 0.1) is 5.69 Å². The van der Waals surface area contributed by atoms with E-state index in [1.54, 1.807) is 4.68 Å². The van der Waals surface area contributed by atoms with Crippen LogP contribution in [0.3, 0.4) is 0 Å². The van der Waals surface area contributed by atoms with Gasteiger partial charge in [0.15, 0.2) is 0 Å². The van der Waals surface area contributed by atoms with Crippen molar-refractivity contribution in [3.63, 3.8) is 0 Å². The molecule has 0 saturated carbocycles. The van der Waals surface area contributed by atoms with Crippen LogP contribution in [0.4, 0.5) is 0 Å². The second kappa shape index (κ2) is 6.22. The van der Waals surface area contributed by atoms with E-state index in [1.165, 1.54) is 17.7 Å². The molecule has 0 aromatic carbocycles. The lowest BCUT2D eigenvalue weighted by molar-refractivity contribution is -0.121. The van der Waals surface area contributed by atoms with Gasteiger partial charge in [0.25, 0.3) is 0 Å². The SMILES string of the molecule is CC(C)CCNC(=O)Cn1cc2c(n1)CCC(C)C2. The van der Waals surface area contributed by atoms with E-state index in [1.807, 2.05) is 6.20 Å². The highest BCUT2D eigenvalue weighted by Gasteiger charge is 2.18. The van der Waals surface area contributed by atoms with Crippen LogP contribution in [0.25, 0.3) is 0 Å². The molecule has 1 unspecified atom stereocenters. The molecule has 0 fully saturated rings. The van der Waals surface area contributed by atoms with E-state index in [2.05, 4.69) is 31.2 Å². The monoisotopic (exact) mass is 263 g/mol. The van der Waals surface area contributed by atoms with Crippen molar-refractivity contribution in [2.45, 2.75) is 53.0 Å². The zero-order valence-electron chi connectivity index (χ0n) is 12.3. The fourth-order valence-electron chi connectivity index (χ4n) is 2.53. The molecule has 2 rings (SSSR count). The van der Waals surface area contributed by atoms with Gasteiger partial charge in [-0.15, -0.1) is 0 Å². The highest BCUT2D eigenvalue weighted by atomic mass is 16.2. The van der Waals surface area contributed by atoms with Gasteiger partial charge in [0, 0.05) is 12.7 Å². The van der Waals surface area contributed by atoms with Gasteiger partial charge in [-0.3, -0.25) is 9.48 Å². The van der Waals surface area contributed by atoms with Crippen LogP contribution >= 0.6 is 0 Å². The first kappa shape index (κ1) is 14.1. The average Bonchev–Trinajstić information content (AvgIpc) is 2.69. The number of nitrogens with zero attached hydrogens (tertiary/aromatic N) is 2. The number of nitrogens with one attached hydrogen (secondary N) is 1. The predicted octanol–water partition coefficient (Wildman–Crippen LogP) is 2.17. The molecule has 0 saturated heterocycles. The molecule has 1 N–H and O–H groups in total. The van der Waals surface area contributed by atoms with Crippen molar-refractivity contribution in [3.05, 3.63) is 17.5 Å². The van der Waals surface area contributed by atoms with E-state index in [0.29, 0.717) is 12.5 Å². The minimum Gasteiger partial charge on any atom is -0.354 e. The smallest absolute Gasteiger partial charge is 0.241 e. The Morgan fingerprint density at radius 3 is 3.11 bits per heavy atom. The van der Waals surface area contributed by atoms with Gasteiger partial charge in [-0.25, -0.2) is 0 Å². The molecule has 1 aromatic heterocycles. The minimum atomic E-state index is 0.0635. The third kappa shape index (κ3) is 4.08. The summed E-state index contributed by atoms with van der Waals surface area (Å²) in [7, 11) is 0. The number of carbonyl (C=O) groups excluding carboxylic acids is 1. The Labute approximate surface area is 115 Å². The van der Waals surface area contributed by atoms with Gasteiger partial charge in [-0.1, -0.05) is 20.8 Å². The molecular formula is C15H25N3O. The Bertz CT molecular complexity index is 437. The van der Waals surface area contributed by atoms with Crippen LogP contribution in [0.1, 0.15) is 44.9 Å². The molecular weight excluding hydrogens is 238 g/mol. The van der Waals surface area contributed by atoms with Crippen molar-refractivity contribution in [2.24, 2.45) is 11.8 Å². The van der Waals surface area contributed by atoms with Gasteiger partial charge < -0.3 is 5.32 Å². The van der Waals surface area contributed by atoms with Gasteiger partial charge >= 0.3 is 0 Å². The van der Waals surface area contributed by atoms with Crippen molar-refractivity contribution >= 4 is 5.91 Å². The quantitative estimate of drug-likeness (QED) is 0.885. The van der Waals surface area contributed by atoms with Gasteiger partial charge in [0.1, 0.15) is 6.54 Å². The van der Waals surface area contributed by atoms with Crippen LogP contribution in [0.5, 0.6) is 0 Å². The first-order valence-electron chi connectivity index (χ1n) is 7.36. The maximum atomic E-state index is 11.8. The van der Waals surface area contributed by atoms with E-state index in [9.17, 15) is 4.79 Å². The lowest BCUT2D eigenvalue weighted by Gasteiger charge is -2.15. The normalized spacial score (nSPS) is 18.4. The second-order valence-electron chi connectivity index (χ2n) is 6.18. The van der Waals surface area contributed by atoms with Crippen LogP contribution in [-0.2, 0) is 24.2 Å². The predicted molar refractivity (Wildman–Crippen MR) is 75.9 cm³/mol. The van der Waals surface area contributed by atoms with Crippen molar-refractivity contribution < 1.29 is 4.79 Å². The fourth-order valence-corrected chi connectivity index (χ4v) is 2.53. The van der Waals surface area contributed by atoms with E-state index in [4.69, 9.17) is 0 Å². The summed E-state index contributed by atoms with van der Waals surface area (Å²) in [6.45, 7) is 7.71. The first-order chi connectivity index (χ1) is 9.04. The summed E-state index contributed by atoms with van der Waals surface area (Å²) >= 11 is 0. The van der Waals surface area contributed by atoms with Gasteiger partial charge in [-0.05, 0) is 43.1 Å². The Hall–Kier alpha value is -1.32. The number of carbonyl (C=O) groups is 1. The summed E-state index contributed by atoms with van der Waals surface area (Å²) in [6, 6.07) is 0. The fraction of sp³-hybridized carbons (Fsp3) is 0.733. The van der Waals surface area contributed by atoms with E-state index >= 15 is 0 Å². The zero-order chi connectivity index (χ0) is 13.8. The lowest BCUT2D eigenvalue weighted by Crippen LogP contribution is -2.29. The summed E-state index contributed by atoms with van der Waals surface area (Å²) in [5, 5.41) is 7.48. The van der Waals surface area contributed by atoms with Crippen molar-refractivity contribution in [2.75, 3.05) is 6.54 Å². The van der Waals surface area contributed by atoms with E-state index in [-0.39, 0.29) is 5.91 Å². The number of hydrogen-bond donors (Lipinski definition) is 1. The molecule has 4 heteroatoms. The maximum Gasteiger partial charge on any atom is 0.241 e. The Morgan fingerprint density at radius 1 is 1.58 bits per heavy atom. The molecule has 1 aromatic rings. The van der Waals surface area contributed by atoms with Crippen molar-refractivity contribution in [3.8, 4) is 0 Å². The maximum absolute atomic E-state index is 11.8. The Morgan fingerprint density at radius 2 is 2.37 bits per heavy atom. The van der Waals surface area contributed by atoms with Crippen LogP contribution in [0.2, 0.25) is 0 Å². The number of aryl methyl sites for hydroxylation is 1. The largest absolute Gasteiger partial charge is 0.354 e. The molecule has 0 radical (unpaired) electrons. The van der Waals surface area contributed by atoms with Gasteiger partial charge in [0.2, 0.25) is 5.91 Å². The minimum absolute atomic E-state index is 0.0635. The number of amides is 1. The number of rotatable bonds is 5. The van der Waals surface area contributed by atoms with Crippen LogP contribution in [0, 0.1) is 11.8 Å². The topological polar surface area (TPSA) is 46.9 Å². The molecule has 19 heavy (non-hydrogen) atoms. The van der Waals surface area contributed by atoms with Crippen LogP contribution in [0.15, 0.2) is 6.20 Å². The molecule has 0 spiro atoms.